The fourth-order valence-electron chi connectivity index (χ4n) is 3.34. The zero-order valence-corrected chi connectivity index (χ0v) is 17.4. The maximum Gasteiger partial charge on any atom is 0.205 e. The number of hydrogen-bond acceptors (Lipinski definition) is 4. The number of allylic oxidation sites excluding steroid dienone is 1. The number of benzene rings is 2. The van der Waals surface area contributed by atoms with Crippen molar-refractivity contribution >= 4 is 34.0 Å². The molecule has 1 aliphatic carbocycles. The highest BCUT2D eigenvalue weighted by molar-refractivity contribution is 8.30. The van der Waals surface area contributed by atoms with Crippen LogP contribution in [0.4, 0.5) is 0 Å². The van der Waals surface area contributed by atoms with Crippen LogP contribution in [0.15, 0.2) is 84.1 Å². The van der Waals surface area contributed by atoms with Crippen molar-refractivity contribution in [2.75, 3.05) is 14.2 Å². The minimum atomic E-state index is -2.78. The van der Waals surface area contributed by atoms with Crippen molar-refractivity contribution in [3.8, 4) is 0 Å². The van der Waals surface area contributed by atoms with E-state index in [4.69, 9.17) is 21.3 Å². The Kier molecular flexibility index (Phi) is 5.81. The van der Waals surface area contributed by atoms with Crippen LogP contribution >= 0.6 is 6.04 Å². The minimum absolute atomic E-state index is 0.0829. The first-order chi connectivity index (χ1) is 13.0. The standard InChI is InChI=1S/C22H23O3PS/c1-22(25-3)16-10-15-19(24-2)20(22)21(23)26(27,17-11-6-4-7-12-17)18-13-8-5-9-14-18/h4-15H,16H2,1-3H3. The highest BCUT2D eigenvalue weighted by atomic mass is 32.4. The second-order valence-corrected chi connectivity index (χ2v) is 10.9. The van der Waals surface area contributed by atoms with Crippen LogP contribution in [-0.4, -0.2) is 25.3 Å². The molecule has 3 rings (SSSR count). The summed E-state index contributed by atoms with van der Waals surface area (Å²) in [5.74, 6) is 0.525. The van der Waals surface area contributed by atoms with Gasteiger partial charge in [0.2, 0.25) is 5.52 Å². The Morgan fingerprint density at radius 3 is 1.96 bits per heavy atom. The third-order valence-electron chi connectivity index (χ3n) is 4.96. The summed E-state index contributed by atoms with van der Waals surface area (Å²) in [6.07, 6.45) is 4.40. The van der Waals surface area contributed by atoms with Gasteiger partial charge in [-0.2, -0.15) is 0 Å². The van der Waals surface area contributed by atoms with E-state index < -0.39 is 11.6 Å². The van der Waals surface area contributed by atoms with Gasteiger partial charge in [0.1, 0.15) is 11.4 Å². The molecule has 0 spiro atoms. The zero-order chi connectivity index (χ0) is 19.5. The number of carbonyl (C=O) groups is 1. The largest absolute Gasteiger partial charge is 0.496 e. The predicted octanol–water partition coefficient (Wildman–Crippen LogP) is 3.91. The molecule has 0 amide bonds. The summed E-state index contributed by atoms with van der Waals surface area (Å²) in [5, 5.41) is 1.74. The van der Waals surface area contributed by atoms with Gasteiger partial charge in [-0.15, -0.1) is 0 Å². The highest BCUT2D eigenvalue weighted by Crippen LogP contribution is 2.51. The topological polar surface area (TPSA) is 35.5 Å². The van der Waals surface area contributed by atoms with E-state index in [-0.39, 0.29) is 5.52 Å². The van der Waals surface area contributed by atoms with Gasteiger partial charge in [-0.05, 0) is 30.0 Å². The van der Waals surface area contributed by atoms with Crippen LogP contribution in [0.3, 0.4) is 0 Å². The third kappa shape index (κ3) is 3.45. The number of rotatable bonds is 6. The van der Waals surface area contributed by atoms with E-state index in [1.54, 1.807) is 14.2 Å². The molecule has 5 heteroatoms. The third-order valence-corrected chi connectivity index (χ3v) is 9.57. The lowest BCUT2D eigenvalue weighted by atomic mass is 9.88. The molecule has 0 saturated heterocycles. The maximum atomic E-state index is 14.1. The second-order valence-electron chi connectivity index (χ2n) is 6.57. The molecular formula is C22H23O3PS. The van der Waals surface area contributed by atoms with E-state index in [1.165, 1.54) is 0 Å². The van der Waals surface area contributed by atoms with Gasteiger partial charge in [0, 0.05) is 7.11 Å². The van der Waals surface area contributed by atoms with Crippen molar-refractivity contribution in [3.63, 3.8) is 0 Å². The summed E-state index contributed by atoms with van der Waals surface area (Å²) in [6.45, 7) is 1.92. The summed E-state index contributed by atoms with van der Waals surface area (Å²) < 4.78 is 11.3. The maximum absolute atomic E-state index is 14.1. The molecule has 27 heavy (non-hydrogen) atoms. The fourth-order valence-corrected chi connectivity index (χ4v) is 6.96. The van der Waals surface area contributed by atoms with Crippen LogP contribution in [0, 0.1) is 0 Å². The van der Waals surface area contributed by atoms with E-state index in [0.717, 1.165) is 10.6 Å². The van der Waals surface area contributed by atoms with Crippen LogP contribution in [0.25, 0.3) is 0 Å². The smallest absolute Gasteiger partial charge is 0.205 e. The Bertz CT molecular complexity index is 891. The summed E-state index contributed by atoms with van der Waals surface area (Å²) in [4.78, 5) is 14.1. The van der Waals surface area contributed by atoms with Crippen molar-refractivity contribution in [1.82, 2.24) is 0 Å². The van der Waals surface area contributed by atoms with Crippen LogP contribution in [-0.2, 0) is 26.1 Å². The molecule has 0 radical (unpaired) electrons. The highest BCUT2D eigenvalue weighted by Gasteiger charge is 2.44. The summed E-state index contributed by atoms with van der Waals surface area (Å²) >= 11 is 6.18. The summed E-state index contributed by atoms with van der Waals surface area (Å²) in [7, 11) is 3.19. The quantitative estimate of drug-likeness (QED) is 0.692. The molecule has 140 valence electrons. The first-order valence-corrected chi connectivity index (χ1v) is 11.5. The summed E-state index contributed by atoms with van der Waals surface area (Å²) in [6, 6.07) is 16.6. The molecule has 0 aromatic heterocycles. The van der Waals surface area contributed by atoms with E-state index in [9.17, 15) is 4.79 Å². The molecule has 0 heterocycles. The Hall–Kier alpha value is -2.00. The lowest BCUT2D eigenvalue weighted by Gasteiger charge is -2.35. The lowest BCUT2D eigenvalue weighted by molar-refractivity contribution is -0.111. The minimum Gasteiger partial charge on any atom is -0.496 e. The van der Waals surface area contributed by atoms with Gasteiger partial charge in [0.25, 0.3) is 0 Å². The van der Waals surface area contributed by atoms with Crippen LogP contribution < -0.4 is 10.6 Å². The average molecular weight is 398 g/mol. The van der Waals surface area contributed by atoms with Crippen LogP contribution in [0.1, 0.15) is 13.3 Å². The van der Waals surface area contributed by atoms with Gasteiger partial charge < -0.3 is 9.47 Å². The second kappa shape index (κ2) is 7.93. The number of methoxy groups -OCH3 is 2. The van der Waals surface area contributed by atoms with E-state index in [0.29, 0.717) is 17.8 Å². The Balaban J connectivity index is 2.28. The predicted molar refractivity (Wildman–Crippen MR) is 115 cm³/mol. The molecule has 2 aromatic carbocycles. The van der Waals surface area contributed by atoms with Gasteiger partial charge in [-0.3, -0.25) is 4.79 Å². The van der Waals surface area contributed by atoms with Gasteiger partial charge >= 0.3 is 0 Å². The van der Waals surface area contributed by atoms with Gasteiger partial charge in [0.15, 0.2) is 0 Å². The van der Waals surface area contributed by atoms with E-state index in [1.807, 2.05) is 79.7 Å². The van der Waals surface area contributed by atoms with Crippen molar-refractivity contribution in [1.29, 1.82) is 0 Å². The lowest BCUT2D eigenvalue weighted by Crippen LogP contribution is -2.38. The number of hydrogen-bond donors (Lipinski definition) is 0. The molecule has 0 N–H and O–H groups in total. The van der Waals surface area contributed by atoms with Crippen molar-refractivity contribution in [3.05, 3.63) is 84.1 Å². The Labute approximate surface area is 165 Å². The average Bonchev–Trinajstić information content (AvgIpc) is 2.73. The van der Waals surface area contributed by atoms with Crippen molar-refractivity contribution in [2.24, 2.45) is 0 Å². The van der Waals surface area contributed by atoms with Crippen LogP contribution in [0.5, 0.6) is 0 Å². The fraction of sp³-hybridized carbons (Fsp3) is 0.227. The normalized spacial score (nSPS) is 19.8. The van der Waals surface area contributed by atoms with Crippen molar-refractivity contribution < 1.29 is 14.3 Å². The zero-order valence-electron chi connectivity index (χ0n) is 15.7. The molecule has 3 nitrogen and oxygen atoms in total. The van der Waals surface area contributed by atoms with Crippen LogP contribution in [0.2, 0.25) is 0 Å². The molecule has 1 atom stereocenters. The molecule has 0 bridgehead atoms. The SMILES string of the molecule is COC1=C(C(=O)P(=S)(c2ccccc2)c2ccccc2)C(C)(OC)CC=C1. The Morgan fingerprint density at radius 1 is 1.00 bits per heavy atom. The summed E-state index contributed by atoms with van der Waals surface area (Å²) in [5.41, 5.74) is -0.336. The molecule has 1 aliphatic rings. The molecule has 0 fully saturated rings. The Morgan fingerprint density at radius 2 is 1.52 bits per heavy atom. The first kappa shape index (κ1) is 19.8. The first-order valence-electron chi connectivity index (χ1n) is 8.74. The van der Waals surface area contributed by atoms with Crippen molar-refractivity contribution in [2.45, 2.75) is 18.9 Å². The van der Waals surface area contributed by atoms with Gasteiger partial charge in [-0.1, -0.05) is 78.5 Å². The molecule has 2 aromatic rings. The number of ether oxygens (including phenoxy) is 2. The molecule has 0 saturated carbocycles. The number of carbonyl (C=O) groups excluding carboxylic acids is 1. The van der Waals surface area contributed by atoms with Gasteiger partial charge in [-0.25, -0.2) is 0 Å². The van der Waals surface area contributed by atoms with E-state index in [2.05, 4.69) is 0 Å². The molecular weight excluding hydrogens is 375 g/mol. The molecule has 1 unspecified atom stereocenters. The van der Waals surface area contributed by atoms with Gasteiger partial charge in [0.05, 0.1) is 18.7 Å². The van der Waals surface area contributed by atoms with E-state index >= 15 is 0 Å². The monoisotopic (exact) mass is 398 g/mol. The molecule has 0 aliphatic heterocycles.